The molecule has 0 unspecified atom stereocenters. The number of nitrogens with two attached hydrogens (primary N) is 1. The maximum absolute atomic E-state index is 13.1. The summed E-state index contributed by atoms with van der Waals surface area (Å²) in [5.74, 6) is 4.36. The minimum absolute atomic E-state index is 0.0702. The Hall–Kier alpha value is -1.60. The van der Waals surface area contributed by atoms with E-state index >= 15 is 0 Å². The molecule has 3 nitrogen and oxygen atoms in total. The van der Waals surface area contributed by atoms with E-state index in [-0.39, 0.29) is 21.6 Å². The molecule has 96 valence electrons. The molecule has 0 aliphatic rings. The lowest BCUT2D eigenvalue weighted by Crippen LogP contribution is -2.13. The molecule has 0 saturated heterocycles. The van der Waals surface area contributed by atoms with Gasteiger partial charge in [-0.15, -0.1) is 0 Å². The van der Waals surface area contributed by atoms with Gasteiger partial charge in [0.25, 0.3) is 0 Å². The number of nitrogens with one attached hydrogen (secondary N) is 1. The number of hydrogen-bond acceptors (Lipinski definition) is 3. The second-order valence-corrected chi connectivity index (χ2v) is 3.89. The number of alkyl halides is 3. The average Bonchev–Trinajstić information content (AvgIpc) is 2.25. The van der Waals surface area contributed by atoms with Gasteiger partial charge in [0.2, 0.25) is 0 Å². The van der Waals surface area contributed by atoms with Crippen LogP contribution in [0.3, 0.4) is 0 Å². The fraction of sp³-hybridized carbons (Fsp3) is 0.100. The Morgan fingerprint density at radius 3 is 2.44 bits per heavy atom. The summed E-state index contributed by atoms with van der Waals surface area (Å²) in [7, 11) is 0. The number of hydrazine groups is 1. The zero-order chi connectivity index (χ0) is 13.5. The molecule has 18 heavy (non-hydrogen) atoms. The maximum atomic E-state index is 13.1. The number of hydrogen-bond donors (Lipinski definition) is 2. The molecule has 3 N–H and O–H groups in total. The molecule has 0 amide bonds. The van der Waals surface area contributed by atoms with E-state index in [2.05, 4.69) is 10.4 Å². The van der Waals surface area contributed by atoms with E-state index < -0.39 is 17.7 Å². The molecule has 0 spiro atoms. The van der Waals surface area contributed by atoms with Crippen LogP contribution in [0.4, 0.5) is 23.2 Å². The predicted molar refractivity (Wildman–Crippen MR) is 59.5 cm³/mol. The van der Waals surface area contributed by atoms with E-state index in [0.29, 0.717) is 6.07 Å². The normalized spacial score (nSPS) is 11.9. The number of nitrogen functional groups attached to an aromatic ring is 1. The topological polar surface area (TPSA) is 50.9 Å². The number of benzene rings is 1. The third kappa shape index (κ3) is 2.19. The van der Waals surface area contributed by atoms with Crippen molar-refractivity contribution in [3.05, 3.63) is 34.7 Å². The van der Waals surface area contributed by atoms with Crippen molar-refractivity contribution < 1.29 is 17.6 Å². The number of anilines is 1. The van der Waals surface area contributed by atoms with Crippen molar-refractivity contribution in [2.75, 3.05) is 5.43 Å². The monoisotopic (exact) mass is 279 g/mol. The molecule has 2 aromatic rings. The molecule has 1 heterocycles. The molecule has 0 radical (unpaired) electrons. The molecule has 1 aromatic heterocycles. The summed E-state index contributed by atoms with van der Waals surface area (Å²) in [6.45, 7) is 0. The van der Waals surface area contributed by atoms with Crippen molar-refractivity contribution in [1.82, 2.24) is 4.98 Å². The second kappa shape index (κ2) is 4.25. The Morgan fingerprint density at radius 1 is 1.22 bits per heavy atom. The lowest BCUT2D eigenvalue weighted by molar-refractivity contribution is -0.140. The molecule has 8 heteroatoms. The fourth-order valence-electron chi connectivity index (χ4n) is 1.54. The van der Waals surface area contributed by atoms with Crippen LogP contribution >= 0.6 is 11.6 Å². The summed E-state index contributed by atoms with van der Waals surface area (Å²) in [6.07, 6.45) is -4.65. The van der Waals surface area contributed by atoms with Crippen LogP contribution in [0.2, 0.25) is 5.02 Å². The van der Waals surface area contributed by atoms with Crippen LogP contribution in [-0.2, 0) is 6.18 Å². The fourth-order valence-corrected chi connectivity index (χ4v) is 1.85. The third-order valence-corrected chi connectivity index (χ3v) is 2.57. The predicted octanol–water partition coefficient (Wildman–Crippen LogP) is 3.33. The van der Waals surface area contributed by atoms with Gasteiger partial charge in [-0.05, 0) is 12.1 Å². The summed E-state index contributed by atoms with van der Waals surface area (Å²) in [4.78, 5) is 3.33. The molecular formula is C10H6ClF4N3. The summed E-state index contributed by atoms with van der Waals surface area (Å²) in [6, 6.07) is 2.54. The zero-order valence-corrected chi connectivity index (χ0v) is 9.40. The molecule has 0 aliphatic carbocycles. The van der Waals surface area contributed by atoms with Gasteiger partial charge in [-0.2, -0.15) is 13.2 Å². The van der Waals surface area contributed by atoms with E-state index in [9.17, 15) is 17.6 Å². The highest BCUT2D eigenvalue weighted by Gasteiger charge is 2.33. The number of rotatable bonds is 1. The third-order valence-electron chi connectivity index (χ3n) is 2.27. The van der Waals surface area contributed by atoms with E-state index in [1.165, 1.54) is 0 Å². The first kappa shape index (κ1) is 12.8. The van der Waals surface area contributed by atoms with Gasteiger partial charge in [0.05, 0.1) is 16.2 Å². The molecule has 1 aromatic carbocycles. The smallest absolute Gasteiger partial charge is 0.323 e. The van der Waals surface area contributed by atoms with E-state index in [1.807, 2.05) is 0 Å². The van der Waals surface area contributed by atoms with Gasteiger partial charge in [-0.3, -0.25) is 5.84 Å². The number of aromatic nitrogens is 1. The second-order valence-electron chi connectivity index (χ2n) is 3.48. The molecule has 0 fully saturated rings. The van der Waals surface area contributed by atoms with Gasteiger partial charge in [0.15, 0.2) is 0 Å². The van der Waals surface area contributed by atoms with Gasteiger partial charge in [0.1, 0.15) is 11.5 Å². The number of fused-ring (bicyclic) bond motifs is 1. The van der Waals surface area contributed by atoms with Crippen LogP contribution in [0.5, 0.6) is 0 Å². The Bertz CT molecular complexity index is 612. The van der Waals surface area contributed by atoms with Gasteiger partial charge >= 0.3 is 6.18 Å². The minimum atomic E-state index is -4.65. The molecule has 0 aliphatic heterocycles. The van der Waals surface area contributed by atoms with Crippen molar-refractivity contribution in [2.24, 2.45) is 5.84 Å². The molecule has 0 atom stereocenters. The Kier molecular flexibility index (Phi) is 3.04. The van der Waals surface area contributed by atoms with Gasteiger partial charge < -0.3 is 5.43 Å². The first-order valence-corrected chi connectivity index (χ1v) is 5.04. The Labute approximate surface area is 104 Å². The molecular weight excluding hydrogens is 274 g/mol. The van der Waals surface area contributed by atoms with E-state index in [0.717, 1.165) is 12.1 Å². The van der Waals surface area contributed by atoms with Crippen molar-refractivity contribution >= 4 is 28.2 Å². The van der Waals surface area contributed by atoms with Crippen LogP contribution in [0, 0.1) is 5.82 Å². The largest absolute Gasteiger partial charge is 0.433 e. The van der Waals surface area contributed by atoms with Gasteiger partial charge in [-0.25, -0.2) is 9.37 Å². The highest BCUT2D eigenvalue weighted by atomic mass is 35.5. The van der Waals surface area contributed by atoms with E-state index in [4.69, 9.17) is 17.4 Å². The van der Waals surface area contributed by atoms with Crippen LogP contribution in [-0.4, -0.2) is 4.98 Å². The highest BCUT2D eigenvalue weighted by Crippen LogP contribution is 2.35. The van der Waals surface area contributed by atoms with Gasteiger partial charge in [0, 0.05) is 11.5 Å². The van der Waals surface area contributed by atoms with Crippen molar-refractivity contribution in [3.8, 4) is 0 Å². The lowest BCUT2D eigenvalue weighted by Gasteiger charge is -2.12. The van der Waals surface area contributed by atoms with Crippen molar-refractivity contribution in [2.45, 2.75) is 6.18 Å². The van der Waals surface area contributed by atoms with Gasteiger partial charge in [-0.1, -0.05) is 11.6 Å². The molecule has 0 bridgehead atoms. The molecule has 2 rings (SSSR count). The number of nitrogens with zero attached hydrogens (tertiary/aromatic N) is 1. The maximum Gasteiger partial charge on any atom is 0.433 e. The minimum Gasteiger partial charge on any atom is -0.323 e. The zero-order valence-electron chi connectivity index (χ0n) is 8.65. The standard InChI is InChI=1S/C10H6ClF4N3/c11-5-1-4(12)2-6-9(5)7(18-16)3-8(17-6)10(13,14)15/h1-3H,16H2,(H,17,18). The van der Waals surface area contributed by atoms with Crippen molar-refractivity contribution in [1.29, 1.82) is 0 Å². The Balaban J connectivity index is 2.84. The number of halogens is 5. The van der Waals surface area contributed by atoms with Crippen LogP contribution in [0.25, 0.3) is 10.9 Å². The average molecular weight is 280 g/mol. The van der Waals surface area contributed by atoms with E-state index in [1.54, 1.807) is 0 Å². The van der Waals surface area contributed by atoms with Crippen molar-refractivity contribution in [3.63, 3.8) is 0 Å². The van der Waals surface area contributed by atoms with Crippen LogP contribution in [0.1, 0.15) is 5.69 Å². The number of pyridine rings is 1. The van der Waals surface area contributed by atoms with Crippen LogP contribution < -0.4 is 11.3 Å². The summed E-state index contributed by atoms with van der Waals surface area (Å²) < 4.78 is 50.8. The summed E-state index contributed by atoms with van der Waals surface area (Å²) >= 11 is 5.76. The summed E-state index contributed by atoms with van der Waals surface area (Å²) in [5, 5.41) is 0.0627. The SMILES string of the molecule is NNc1cc(C(F)(F)F)nc2cc(F)cc(Cl)c12. The quantitative estimate of drug-likeness (QED) is 0.478. The first-order valence-electron chi connectivity index (χ1n) is 4.66. The Morgan fingerprint density at radius 2 is 1.89 bits per heavy atom. The van der Waals surface area contributed by atoms with Crippen LogP contribution in [0.15, 0.2) is 18.2 Å². The summed E-state index contributed by atoms with van der Waals surface area (Å²) in [5.41, 5.74) is 0.628. The molecule has 0 saturated carbocycles. The first-order chi connectivity index (χ1) is 8.32. The highest BCUT2D eigenvalue weighted by molar-refractivity contribution is 6.36. The lowest BCUT2D eigenvalue weighted by atomic mass is 10.1.